The summed E-state index contributed by atoms with van der Waals surface area (Å²) in [7, 11) is 0. The minimum atomic E-state index is -0.862. The SMILES string of the molecule is CC.N#Cc1cc(-c2nc(-c3cccc(-c4ccccc4)c3)nc(-c3cccc(-c4ccccc4)c3)n2)cc(C#N)c1F. The van der Waals surface area contributed by atoms with Crippen molar-refractivity contribution < 1.29 is 4.39 Å². The van der Waals surface area contributed by atoms with Crippen molar-refractivity contribution in [3.05, 3.63) is 138 Å². The fourth-order valence-electron chi connectivity index (χ4n) is 4.62. The van der Waals surface area contributed by atoms with Crippen LogP contribution in [0.4, 0.5) is 4.39 Å². The van der Waals surface area contributed by atoms with Crippen LogP contribution in [-0.4, -0.2) is 15.0 Å². The van der Waals surface area contributed by atoms with E-state index in [0.717, 1.165) is 33.4 Å². The highest BCUT2D eigenvalue weighted by atomic mass is 19.1. The molecule has 5 aromatic carbocycles. The summed E-state index contributed by atoms with van der Waals surface area (Å²) in [4.78, 5) is 14.3. The van der Waals surface area contributed by atoms with Gasteiger partial charge in [-0.25, -0.2) is 19.3 Å². The van der Waals surface area contributed by atoms with E-state index in [1.54, 1.807) is 0 Å². The lowest BCUT2D eigenvalue weighted by atomic mass is 10.0. The Morgan fingerprint density at radius 3 is 1.19 bits per heavy atom. The van der Waals surface area contributed by atoms with Crippen LogP contribution >= 0.6 is 0 Å². The molecule has 0 spiro atoms. The highest BCUT2D eigenvalue weighted by molar-refractivity contribution is 5.75. The zero-order chi connectivity index (χ0) is 30.2. The Bertz CT molecular complexity index is 1840. The molecule has 5 nitrogen and oxygen atoms in total. The van der Waals surface area contributed by atoms with Crippen molar-refractivity contribution in [2.75, 3.05) is 0 Å². The molecule has 0 N–H and O–H groups in total. The minimum Gasteiger partial charge on any atom is -0.208 e. The molecule has 0 aliphatic heterocycles. The molecule has 0 unspecified atom stereocenters. The summed E-state index contributed by atoms with van der Waals surface area (Å²) in [5, 5.41) is 19.0. The van der Waals surface area contributed by atoms with E-state index in [1.807, 2.05) is 135 Å². The van der Waals surface area contributed by atoms with E-state index in [2.05, 4.69) is 0 Å². The first kappa shape index (κ1) is 28.5. The van der Waals surface area contributed by atoms with Gasteiger partial charge in [0.2, 0.25) is 0 Å². The summed E-state index contributed by atoms with van der Waals surface area (Å²) < 4.78 is 14.6. The van der Waals surface area contributed by atoms with Crippen LogP contribution in [-0.2, 0) is 0 Å². The maximum absolute atomic E-state index is 14.6. The second-order valence-electron chi connectivity index (χ2n) is 9.31. The maximum Gasteiger partial charge on any atom is 0.164 e. The Hall–Kier alpha value is -5.98. The van der Waals surface area contributed by atoms with Gasteiger partial charge in [0.25, 0.3) is 0 Å². The highest BCUT2D eigenvalue weighted by Crippen LogP contribution is 2.31. The largest absolute Gasteiger partial charge is 0.208 e. The summed E-state index contributed by atoms with van der Waals surface area (Å²) in [5.41, 5.74) is 5.47. The smallest absolute Gasteiger partial charge is 0.164 e. The second kappa shape index (κ2) is 13.1. The molecule has 6 heteroatoms. The van der Waals surface area contributed by atoms with E-state index in [4.69, 9.17) is 15.0 Å². The average Bonchev–Trinajstić information content (AvgIpc) is 3.10. The first-order valence-corrected chi connectivity index (χ1v) is 13.8. The van der Waals surface area contributed by atoms with Crippen LogP contribution in [0.3, 0.4) is 0 Å². The van der Waals surface area contributed by atoms with Gasteiger partial charge in [-0.1, -0.05) is 111 Å². The van der Waals surface area contributed by atoms with Crippen LogP contribution in [0.1, 0.15) is 25.0 Å². The van der Waals surface area contributed by atoms with E-state index in [9.17, 15) is 14.9 Å². The van der Waals surface area contributed by atoms with E-state index in [1.165, 1.54) is 12.1 Å². The van der Waals surface area contributed by atoms with Gasteiger partial charge < -0.3 is 0 Å². The molecule has 0 radical (unpaired) electrons. The summed E-state index contributed by atoms with van der Waals surface area (Å²) >= 11 is 0. The molecular formula is C37H26FN5. The van der Waals surface area contributed by atoms with Crippen LogP contribution < -0.4 is 0 Å². The molecule has 0 aliphatic carbocycles. The topological polar surface area (TPSA) is 86.2 Å². The van der Waals surface area contributed by atoms with Crippen molar-refractivity contribution >= 4 is 0 Å². The lowest BCUT2D eigenvalue weighted by Crippen LogP contribution is -2.02. The molecule has 0 saturated carbocycles. The third-order valence-electron chi connectivity index (χ3n) is 6.66. The lowest BCUT2D eigenvalue weighted by molar-refractivity contribution is 0.620. The monoisotopic (exact) mass is 559 g/mol. The number of rotatable bonds is 5. The lowest BCUT2D eigenvalue weighted by Gasteiger charge is -2.11. The van der Waals surface area contributed by atoms with Gasteiger partial charge in [0.05, 0.1) is 11.1 Å². The van der Waals surface area contributed by atoms with Gasteiger partial charge in [0.1, 0.15) is 12.1 Å². The summed E-state index contributed by atoms with van der Waals surface area (Å²) in [6.45, 7) is 4.00. The van der Waals surface area contributed by atoms with Gasteiger partial charge in [-0.05, 0) is 46.5 Å². The van der Waals surface area contributed by atoms with Crippen LogP contribution in [0.2, 0.25) is 0 Å². The Kier molecular flexibility index (Phi) is 8.71. The van der Waals surface area contributed by atoms with Crippen LogP contribution in [0.5, 0.6) is 0 Å². The van der Waals surface area contributed by atoms with Gasteiger partial charge >= 0.3 is 0 Å². The van der Waals surface area contributed by atoms with Crippen molar-refractivity contribution in [2.45, 2.75) is 13.8 Å². The number of aromatic nitrogens is 3. The quantitative estimate of drug-likeness (QED) is 0.210. The zero-order valence-electron chi connectivity index (χ0n) is 23.7. The van der Waals surface area contributed by atoms with Crippen molar-refractivity contribution in [1.82, 2.24) is 15.0 Å². The Labute approximate surface area is 250 Å². The number of hydrogen-bond acceptors (Lipinski definition) is 5. The van der Waals surface area contributed by atoms with Gasteiger partial charge in [-0.15, -0.1) is 0 Å². The molecule has 0 aliphatic rings. The van der Waals surface area contributed by atoms with E-state index in [0.29, 0.717) is 17.2 Å². The zero-order valence-corrected chi connectivity index (χ0v) is 23.7. The number of hydrogen-bond donors (Lipinski definition) is 0. The molecule has 1 heterocycles. The predicted octanol–water partition coefficient (Wildman–Crippen LogP) is 9.12. The Morgan fingerprint density at radius 1 is 0.442 bits per heavy atom. The maximum atomic E-state index is 14.6. The molecule has 1 aromatic heterocycles. The summed E-state index contributed by atoms with van der Waals surface area (Å²) in [6.07, 6.45) is 0. The minimum absolute atomic E-state index is 0.230. The molecule has 43 heavy (non-hydrogen) atoms. The third-order valence-corrected chi connectivity index (χ3v) is 6.66. The molecule has 206 valence electrons. The summed E-state index contributed by atoms with van der Waals surface area (Å²) in [5.74, 6) is 0.191. The van der Waals surface area contributed by atoms with Crippen molar-refractivity contribution in [3.63, 3.8) is 0 Å². The predicted molar refractivity (Wildman–Crippen MR) is 168 cm³/mol. The first-order chi connectivity index (χ1) is 21.1. The fraction of sp³-hybridized carbons (Fsp3) is 0.0541. The molecular weight excluding hydrogens is 533 g/mol. The standard InChI is InChI=1S/C35H20FN5.C2H6/c36-32-30(21-37)19-29(20-31(32)22-38)35-40-33(27-15-7-13-25(17-27)23-9-3-1-4-10-23)39-34(41-35)28-16-8-14-26(18-28)24-11-5-2-6-12-24;1-2/h1-20H;1-2H3. The fourth-order valence-corrected chi connectivity index (χ4v) is 4.62. The molecule has 0 bridgehead atoms. The van der Waals surface area contributed by atoms with Gasteiger partial charge in [-0.3, -0.25) is 0 Å². The average molecular weight is 560 g/mol. The van der Waals surface area contributed by atoms with Gasteiger partial charge in [-0.2, -0.15) is 10.5 Å². The van der Waals surface area contributed by atoms with Crippen LogP contribution in [0.15, 0.2) is 121 Å². The number of nitrogens with zero attached hydrogens (tertiary/aromatic N) is 5. The third kappa shape index (κ3) is 6.20. The molecule has 0 fully saturated rings. The van der Waals surface area contributed by atoms with Crippen molar-refractivity contribution in [1.29, 1.82) is 10.5 Å². The van der Waals surface area contributed by atoms with Crippen LogP contribution in [0, 0.1) is 28.5 Å². The Morgan fingerprint density at radius 2 is 0.791 bits per heavy atom. The van der Waals surface area contributed by atoms with E-state index >= 15 is 0 Å². The second-order valence-corrected chi connectivity index (χ2v) is 9.31. The normalized spacial score (nSPS) is 10.2. The van der Waals surface area contributed by atoms with Crippen molar-refractivity contribution in [2.24, 2.45) is 0 Å². The molecule has 6 aromatic rings. The molecule has 0 atom stereocenters. The van der Waals surface area contributed by atoms with E-state index < -0.39 is 5.82 Å². The number of nitriles is 2. The highest BCUT2D eigenvalue weighted by Gasteiger charge is 2.17. The number of benzene rings is 5. The Balaban J connectivity index is 0.00000180. The van der Waals surface area contributed by atoms with E-state index in [-0.39, 0.29) is 17.0 Å². The van der Waals surface area contributed by atoms with Gasteiger partial charge in [0, 0.05) is 16.7 Å². The summed E-state index contributed by atoms with van der Waals surface area (Å²) in [6, 6.07) is 42.1. The molecule has 0 saturated heterocycles. The molecule has 6 rings (SSSR count). The first-order valence-electron chi connectivity index (χ1n) is 13.8. The molecule has 0 amide bonds. The van der Waals surface area contributed by atoms with Gasteiger partial charge in [0.15, 0.2) is 23.3 Å². The number of halogens is 1. The van der Waals surface area contributed by atoms with Crippen LogP contribution in [0.25, 0.3) is 56.4 Å². The van der Waals surface area contributed by atoms with Crippen molar-refractivity contribution in [3.8, 4) is 68.6 Å².